The van der Waals surface area contributed by atoms with Gasteiger partial charge in [0.2, 0.25) is 0 Å². The maximum absolute atomic E-state index is 12.8. The van der Waals surface area contributed by atoms with Crippen molar-refractivity contribution in [2.45, 2.75) is 20.3 Å². The zero-order valence-electron chi connectivity index (χ0n) is 18.5. The highest BCUT2D eigenvalue weighted by atomic mass is 35.5. The molecule has 0 aliphatic carbocycles. The van der Waals surface area contributed by atoms with Gasteiger partial charge in [0.1, 0.15) is 28.5 Å². The first-order chi connectivity index (χ1) is 16.7. The predicted octanol–water partition coefficient (Wildman–Crippen LogP) is 5.44. The molecule has 0 fully saturated rings. The van der Waals surface area contributed by atoms with Gasteiger partial charge in [0.05, 0.1) is 28.3 Å². The van der Waals surface area contributed by atoms with Crippen molar-refractivity contribution >= 4 is 46.7 Å². The van der Waals surface area contributed by atoms with Gasteiger partial charge in [-0.1, -0.05) is 11.6 Å². The van der Waals surface area contributed by atoms with E-state index in [1.165, 1.54) is 30.3 Å². The Labute approximate surface area is 209 Å². The summed E-state index contributed by atoms with van der Waals surface area (Å²) in [7, 11) is 0. The van der Waals surface area contributed by atoms with E-state index in [0.29, 0.717) is 16.0 Å². The maximum atomic E-state index is 12.8. The summed E-state index contributed by atoms with van der Waals surface area (Å²) in [6.07, 6.45) is 0.993. The lowest BCUT2D eigenvalue weighted by Gasteiger charge is -2.02. The van der Waals surface area contributed by atoms with Crippen LogP contribution in [0.15, 0.2) is 40.3 Å². The molecule has 0 aliphatic heterocycles. The number of thiophene rings is 1. The van der Waals surface area contributed by atoms with Crippen LogP contribution >= 0.6 is 22.9 Å². The lowest BCUT2D eigenvalue weighted by Crippen LogP contribution is -2.05. The summed E-state index contributed by atoms with van der Waals surface area (Å²) < 4.78 is 10.7. The average molecular weight is 509 g/mol. The quantitative estimate of drug-likeness (QED) is 0.241. The lowest BCUT2D eigenvalue weighted by molar-refractivity contribution is -0.114. The topological polar surface area (TPSA) is 141 Å². The molecule has 176 valence electrons. The van der Waals surface area contributed by atoms with Crippen LogP contribution in [0.25, 0.3) is 17.4 Å². The molecule has 3 rings (SSSR count). The van der Waals surface area contributed by atoms with Gasteiger partial charge in [0.15, 0.2) is 5.78 Å². The van der Waals surface area contributed by atoms with Crippen molar-refractivity contribution in [2.24, 2.45) is 0 Å². The molecular formula is C25H17ClN2O6S. The number of ether oxygens (including phenoxy) is 1. The zero-order chi connectivity index (χ0) is 25.7. The van der Waals surface area contributed by atoms with Crippen LogP contribution in [0.3, 0.4) is 0 Å². The molecule has 0 saturated carbocycles. The number of esters is 1. The molecule has 1 aromatic carbocycles. The molecule has 10 heteroatoms. The minimum atomic E-state index is -1.13. The molecule has 0 amide bonds. The number of Topliss-reactive ketones (excluding diaryl/α,β-unsaturated/α-hetero) is 1. The number of benzene rings is 1. The number of aromatic carboxylic acids is 1. The van der Waals surface area contributed by atoms with Crippen LogP contribution in [0.2, 0.25) is 5.02 Å². The number of hydrogen-bond donors (Lipinski definition) is 1. The summed E-state index contributed by atoms with van der Waals surface area (Å²) in [5.74, 6) is -1.83. The fourth-order valence-corrected chi connectivity index (χ4v) is 4.57. The number of rotatable bonds is 8. The first kappa shape index (κ1) is 25.4. The molecule has 8 nitrogen and oxygen atoms in total. The summed E-state index contributed by atoms with van der Waals surface area (Å²) in [6.45, 7) is 3.44. The highest BCUT2D eigenvalue weighted by Crippen LogP contribution is 2.32. The van der Waals surface area contributed by atoms with E-state index in [0.717, 1.165) is 11.3 Å². The van der Waals surface area contributed by atoms with Crippen molar-refractivity contribution in [3.63, 3.8) is 0 Å². The molecule has 0 radical (unpaired) electrons. The Morgan fingerprint density at radius 3 is 2.60 bits per heavy atom. The van der Waals surface area contributed by atoms with Crippen molar-refractivity contribution in [1.29, 1.82) is 10.5 Å². The van der Waals surface area contributed by atoms with Gasteiger partial charge in [-0.3, -0.25) is 4.79 Å². The molecule has 0 atom stereocenters. The number of nitrogens with zero attached hydrogens (tertiary/aromatic N) is 2. The van der Waals surface area contributed by atoms with E-state index in [2.05, 4.69) is 0 Å². The number of carbonyl (C=O) groups is 3. The molecule has 2 aromatic heterocycles. The SMILES string of the molecule is CCOC(=O)c1sc(CC(=O)/C(C#N)=C/c2ccc(-c3cc(C(=O)O)ccc3Cl)o2)c(C#N)c1C. The highest BCUT2D eigenvalue weighted by molar-refractivity contribution is 7.14. The first-order valence-corrected chi connectivity index (χ1v) is 11.4. The standard InChI is InChI=1S/C25H17ClN2O6S/c1-3-33-25(32)23-13(2)18(12-28)22(35-23)10-20(29)15(11-27)8-16-5-7-21(34-16)17-9-14(24(30)31)4-6-19(17)26/h4-9H,3,10H2,1-2H3,(H,30,31)/b15-8+. The second-order valence-corrected chi connectivity index (χ2v) is 8.67. The van der Waals surface area contributed by atoms with Gasteiger partial charge in [-0.25, -0.2) is 9.59 Å². The van der Waals surface area contributed by atoms with Crippen LogP contribution in [0.1, 0.15) is 48.7 Å². The number of ketones is 1. The zero-order valence-corrected chi connectivity index (χ0v) is 20.1. The van der Waals surface area contributed by atoms with Gasteiger partial charge in [-0.15, -0.1) is 11.3 Å². The normalized spacial score (nSPS) is 10.9. The Morgan fingerprint density at radius 1 is 1.23 bits per heavy atom. The number of carboxylic acids is 1. The van der Waals surface area contributed by atoms with E-state index in [4.69, 9.17) is 20.8 Å². The molecule has 0 aliphatic rings. The van der Waals surface area contributed by atoms with E-state index in [-0.39, 0.29) is 51.1 Å². The molecule has 0 unspecified atom stereocenters. The second-order valence-electron chi connectivity index (χ2n) is 7.16. The fraction of sp³-hybridized carbons (Fsp3) is 0.160. The molecule has 35 heavy (non-hydrogen) atoms. The summed E-state index contributed by atoms with van der Waals surface area (Å²) in [5.41, 5.74) is 0.779. The van der Waals surface area contributed by atoms with Gasteiger partial charge in [0, 0.05) is 22.9 Å². The Morgan fingerprint density at radius 2 is 1.97 bits per heavy atom. The summed E-state index contributed by atoms with van der Waals surface area (Å²) >= 11 is 7.16. The molecule has 0 spiro atoms. The third kappa shape index (κ3) is 5.49. The van der Waals surface area contributed by atoms with Crippen LogP contribution < -0.4 is 0 Å². The Kier molecular flexibility index (Phi) is 7.87. The van der Waals surface area contributed by atoms with Crippen molar-refractivity contribution in [3.05, 3.63) is 73.1 Å². The van der Waals surface area contributed by atoms with Crippen molar-refractivity contribution in [1.82, 2.24) is 0 Å². The first-order valence-electron chi connectivity index (χ1n) is 10.2. The van der Waals surface area contributed by atoms with Crippen LogP contribution in [0.5, 0.6) is 0 Å². The van der Waals surface area contributed by atoms with E-state index in [1.54, 1.807) is 19.9 Å². The van der Waals surface area contributed by atoms with Gasteiger partial charge >= 0.3 is 11.9 Å². The number of hydrogen-bond acceptors (Lipinski definition) is 8. The number of halogens is 1. The van der Waals surface area contributed by atoms with Crippen LogP contribution in [-0.4, -0.2) is 29.4 Å². The number of carboxylic acid groups (broad SMARTS) is 1. The van der Waals surface area contributed by atoms with E-state index in [9.17, 15) is 30.0 Å². The molecular weight excluding hydrogens is 492 g/mol. The van der Waals surface area contributed by atoms with Crippen molar-refractivity contribution in [2.75, 3.05) is 6.61 Å². The van der Waals surface area contributed by atoms with Crippen LogP contribution in [0, 0.1) is 29.6 Å². The highest BCUT2D eigenvalue weighted by Gasteiger charge is 2.23. The number of nitriles is 2. The third-order valence-corrected chi connectivity index (χ3v) is 6.53. The summed E-state index contributed by atoms with van der Waals surface area (Å²) in [4.78, 5) is 36.8. The number of allylic oxidation sites excluding steroid dienone is 1. The second kappa shape index (κ2) is 10.8. The summed E-state index contributed by atoms with van der Waals surface area (Å²) in [6, 6.07) is 11.0. The molecule has 1 N–H and O–H groups in total. The minimum absolute atomic E-state index is 0.0208. The van der Waals surface area contributed by atoms with E-state index >= 15 is 0 Å². The van der Waals surface area contributed by atoms with Gasteiger partial charge in [-0.2, -0.15) is 10.5 Å². The monoisotopic (exact) mass is 508 g/mol. The van der Waals surface area contributed by atoms with Crippen LogP contribution in [-0.2, 0) is 16.0 Å². The molecule has 0 bridgehead atoms. The Hall–Kier alpha value is -4.18. The number of furan rings is 1. The lowest BCUT2D eigenvalue weighted by atomic mass is 10.0. The van der Waals surface area contributed by atoms with Gasteiger partial charge < -0.3 is 14.3 Å². The smallest absolute Gasteiger partial charge is 0.348 e. The van der Waals surface area contributed by atoms with Gasteiger partial charge in [-0.05, 0) is 49.7 Å². The van der Waals surface area contributed by atoms with Crippen LogP contribution in [0.4, 0.5) is 0 Å². The minimum Gasteiger partial charge on any atom is -0.478 e. The Balaban J connectivity index is 1.89. The third-order valence-electron chi connectivity index (χ3n) is 4.93. The molecule has 0 saturated heterocycles. The largest absolute Gasteiger partial charge is 0.478 e. The molecule has 3 aromatic rings. The average Bonchev–Trinajstić information content (AvgIpc) is 3.41. The predicted molar refractivity (Wildman–Crippen MR) is 128 cm³/mol. The van der Waals surface area contributed by atoms with E-state index < -0.39 is 17.7 Å². The van der Waals surface area contributed by atoms with Gasteiger partial charge in [0.25, 0.3) is 0 Å². The fourth-order valence-electron chi connectivity index (χ4n) is 3.22. The summed E-state index contributed by atoms with van der Waals surface area (Å²) in [5, 5.41) is 28.5. The Bertz CT molecular complexity index is 1450. The van der Waals surface area contributed by atoms with Crippen molar-refractivity contribution < 1.29 is 28.6 Å². The van der Waals surface area contributed by atoms with E-state index in [1.807, 2.05) is 12.1 Å². The number of carbonyl (C=O) groups excluding carboxylic acids is 2. The molecule has 2 heterocycles. The van der Waals surface area contributed by atoms with Crippen molar-refractivity contribution in [3.8, 4) is 23.5 Å². The maximum Gasteiger partial charge on any atom is 0.348 e.